The van der Waals surface area contributed by atoms with Crippen molar-refractivity contribution in [1.82, 2.24) is 5.32 Å². The van der Waals surface area contributed by atoms with Crippen LogP contribution in [0.5, 0.6) is 0 Å². The van der Waals surface area contributed by atoms with E-state index < -0.39 is 0 Å². The average molecular weight is 238 g/mol. The Balaban J connectivity index is 2.23. The van der Waals surface area contributed by atoms with Crippen LogP contribution in [-0.2, 0) is 4.74 Å². The summed E-state index contributed by atoms with van der Waals surface area (Å²) in [6.07, 6.45) is 7.28. The van der Waals surface area contributed by atoms with Gasteiger partial charge >= 0.3 is 0 Å². The lowest BCUT2D eigenvalue weighted by Gasteiger charge is -2.40. The first kappa shape index (κ1) is 14.5. The number of nitrogens with zero attached hydrogens (tertiary/aromatic N) is 1. The molecule has 1 unspecified atom stereocenters. The maximum atomic E-state index is 8.46. The Hall–Kier alpha value is -0.590. The molecule has 3 nitrogen and oxygen atoms in total. The number of unbranched alkanes of at least 4 members (excludes halogenated alkanes) is 2. The van der Waals surface area contributed by atoms with Gasteiger partial charge < -0.3 is 10.1 Å². The zero-order valence-corrected chi connectivity index (χ0v) is 11.3. The molecule has 0 aliphatic carbocycles. The lowest BCUT2D eigenvalue weighted by molar-refractivity contribution is -0.0929. The molecule has 1 atom stereocenters. The molecule has 1 heterocycles. The second-order valence-electron chi connectivity index (χ2n) is 5.00. The zero-order chi connectivity index (χ0) is 12.6. The Morgan fingerprint density at radius 3 is 2.76 bits per heavy atom. The average Bonchev–Trinajstić information content (AvgIpc) is 2.39. The molecule has 0 aromatic heterocycles. The Kier molecular flexibility index (Phi) is 6.54. The summed E-state index contributed by atoms with van der Waals surface area (Å²) in [5.74, 6) is 0. The van der Waals surface area contributed by atoms with Crippen molar-refractivity contribution in [2.45, 2.75) is 70.4 Å². The molecule has 1 aliphatic rings. The van der Waals surface area contributed by atoms with Crippen LogP contribution in [0.4, 0.5) is 0 Å². The van der Waals surface area contributed by atoms with E-state index in [0.29, 0.717) is 12.5 Å². The van der Waals surface area contributed by atoms with Crippen molar-refractivity contribution in [2.75, 3.05) is 13.2 Å². The van der Waals surface area contributed by atoms with Gasteiger partial charge in [-0.3, -0.25) is 0 Å². The maximum absolute atomic E-state index is 8.46. The predicted octanol–water partition coefficient (Wildman–Crippen LogP) is 3.01. The molecule has 0 aromatic carbocycles. The lowest BCUT2D eigenvalue weighted by atomic mass is 9.86. The van der Waals surface area contributed by atoms with E-state index in [1.807, 2.05) is 0 Å². The molecule has 1 fully saturated rings. The number of nitrogens with one attached hydrogen (secondary N) is 1. The highest BCUT2D eigenvalue weighted by molar-refractivity contribution is 4.88. The van der Waals surface area contributed by atoms with Crippen LogP contribution in [0, 0.1) is 11.3 Å². The second-order valence-corrected chi connectivity index (χ2v) is 5.00. The van der Waals surface area contributed by atoms with Crippen LogP contribution in [0.15, 0.2) is 0 Å². The summed E-state index contributed by atoms with van der Waals surface area (Å²) in [5.41, 5.74) is 0.114. The Morgan fingerprint density at radius 1 is 1.35 bits per heavy atom. The standard InChI is InChI=1S/C14H26N2O/c1-3-14(4-2)12-13(8-11-17-14)16-10-7-5-6-9-15/h13,16H,3-8,10-12H2,1-2H3. The van der Waals surface area contributed by atoms with Gasteiger partial charge in [0.15, 0.2) is 0 Å². The lowest BCUT2D eigenvalue weighted by Crippen LogP contribution is -2.46. The van der Waals surface area contributed by atoms with Gasteiger partial charge in [0.25, 0.3) is 0 Å². The molecule has 1 rings (SSSR count). The molecule has 0 saturated carbocycles. The van der Waals surface area contributed by atoms with Crippen molar-refractivity contribution in [3.63, 3.8) is 0 Å². The van der Waals surface area contributed by atoms with Crippen LogP contribution in [0.1, 0.15) is 58.8 Å². The molecule has 98 valence electrons. The molecule has 1 aliphatic heterocycles. The molecular formula is C14H26N2O. The van der Waals surface area contributed by atoms with Crippen molar-refractivity contribution in [2.24, 2.45) is 0 Å². The van der Waals surface area contributed by atoms with Crippen molar-refractivity contribution >= 4 is 0 Å². The highest BCUT2D eigenvalue weighted by Crippen LogP contribution is 2.31. The summed E-state index contributed by atoms with van der Waals surface area (Å²) in [6.45, 7) is 6.37. The van der Waals surface area contributed by atoms with E-state index in [9.17, 15) is 0 Å². The summed E-state index contributed by atoms with van der Waals surface area (Å²) in [5, 5.41) is 12.1. The van der Waals surface area contributed by atoms with E-state index in [2.05, 4.69) is 25.2 Å². The molecular weight excluding hydrogens is 212 g/mol. The molecule has 3 heteroatoms. The van der Waals surface area contributed by atoms with Gasteiger partial charge in [0.1, 0.15) is 0 Å². The molecule has 0 radical (unpaired) electrons. The third-order valence-electron chi connectivity index (χ3n) is 3.93. The first-order valence-electron chi connectivity index (χ1n) is 7.00. The molecule has 0 bridgehead atoms. The van der Waals surface area contributed by atoms with E-state index in [-0.39, 0.29) is 5.60 Å². The molecule has 0 amide bonds. The van der Waals surface area contributed by atoms with Gasteiger partial charge in [-0.1, -0.05) is 13.8 Å². The van der Waals surface area contributed by atoms with Crippen molar-refractivity contribution < 1.29 is 4.74 Å². The van der Waals surface area contributed by atoms with Gasteiger partial charge in [-0.2, -0.15) is 5.26 Å². The number of hydrogen-bond donors (Lipinski definition) is 1. The first-order valence-corrected chi connectivity index (χ1v) is 7.00. The predicted molar refractivity (Wildman–Crippen MR) is 69.8 cm³/mol. The second kappa shape index (κ2) is 7.68. The summed E-state index contributed by atoms with van der Waals surface area (Å²) in [7, 11) is 0. The Bertz CT molecular complexity index is 243. The fourth-order valence-corrected chi connectivity index (χ4v) is 2.58. The monoisotopic (exact) mass is 238 g/mol. The quantitative estimate of drug-likeness (QED) is 0.693. The van der Waals surface area contributed by atoms with Gasteiger partial charge in [-0.15, -0.1) is 0 Å². The van der Waals surface area contributed by atoms with E-state index in [4.69, 9.17) is 10.00 Å². The minimum Gasteiger partial charge on any atom is -0.375 e. The van der Waals surface area contributed by atoms with Crippen LogP contribution < -0.4 is 5.32 Å². The summed E-state index contributed by atoms with van der Waals surface area (Å²) >= 11 is 0. The summed E-state index contributed by atoms with van der Waals surface area (Å²) < 4.78 is 5.96. The number of hydrogen-bond acceptors (Lipinski definition) is 3. The van der Waals surface area contributed by atoms with Crippen LogP contribution in [0.2, 0.25) is 0 Å². The summed E-state index contributed by atoms with van der Waals surface area (Å²) in [4.78, 5) is 0. The third-order valence-corrected chi connectivity index (χ3v) is 3.93. The minimum atomic E-state index is 0.114. The van der Waals surface area contributed by atoms with Gasteiger partial charge in [-0.05, 0) is 45.1 Å². The van der Waals surface area contributed by atoms with Gasteiger partial charge in [0.2, 0.25) is 0 Å². The maximum Gasteiger partial charge on any atom is 0.0692 e. The zero-order valence-electron chi connectivity index (χ0n) is 11.3. The fraction of sp³-hybridized carbons (Fsp3) is 0.929. The van der Waals surface area contributed by atoms with Crippen LogP contribution in [0.25, 0.3) is 0 Å². The molecule has 0 spiro atoms. The normalized spacial score (nSPS) is 23.2. The Morgan fingerprint density at radius 2 is 2.12 bits per heavy atom. The molecule has 0 aromatic rings. The minimum absolute atomic E-state index is 0.114. The highest BCUT2D eigenvalue weighted by atomic mass is 16.5. The van der Waals surface area contributed by atoms with Gasteiger partial charge in [0.05, 0.1) is 11.7 Å². The largest absolute Gasteiger partial charge is 0.375 e. The van der Waals surface area contributed by atoms with Crippen molar-refractivity contribution in [3.05, 3.63) is 0 Å². The number of rotatable bonds is 7. The third kappa shape index (κ3) is 4.65. The van der Waals surface area contributed by atoms with E-state index in [1.165, 1.54) is 0 Å². The number of ether oxygens (including phenoxy) is 1. The molecule has 1 N–H and O–H groups in total. The van der Waals surface area contributed by atoms with Crippen LogP contribution >= 0.6 is 0 Å². The molecule has 17 heavy (non-hydrogen) atoms. The Labute approximate surface area is 106 Å². The highest BCUT2D eigenvalue weighted by Gasteiger charge is 2.33. The van der Waals surface area contributed by atoms with Crippen LogP contribution in [-0.4, -0.2) is 24.8 Å². The van der Waals surface area contributed by atoms with Gasteiger partial charge in [-0.25, -0.2) is 0 Å². The smallest absolute Gasteiger partial charge is 0.0692 e. The first-order chi connectivity index (χ1) is 8.26. The van der Waals surface area contributed by atoms with Crippen molar-refractivity contribution in [1.29, 1.82) is 5.26 Å². The van der Waals surface area contributed by atoms with Crippen LogP contribution in [0.3, 0.4) is 0 Å². The topological polar surface area (TPSA) is 45.0 Å². The number of nitriles is 1. The van der Waals surface area contributed by atoms with E-state index >= 15 is 0 Å². The van der Waals surface area contributed by atoms with E-state index in [1.54, 1.807) is 0 Å². The fourth-order valence-electron chi connectivity index (χ4n) is 2.58. The molecule has 1 saturated heterocycles. The SMILES string of the molecule is CCC1(CC)CC(NCCCCC#N)CCO1. The van der Waals surface area contributed by atoms with Crippen molar-refractivity contribution in [3.8, 4) is 6.07 Å². The van der Waals surface area contributed by atoms with E-state index in [0.717, 1.165) is 51.7 Å². The summed E-state index contributed by atoms with van der Waals surface area (Å²) in [6, 6.07) is 2.79. The van der Waals surface area contributed by atoms with Gasteiger partial charge in [0, 0.05) is 19.1 Å².